The van der Waals surface area contributed by atoms with Crippen LogP contribution >= 0.6 is 0 Å². The number of aryl methyl sites for hydroxylation is 2. The number of aromatic nitrogens is 2. The second-order valence-electron chi connectivity index (χ2n) is 8.44. The van der Waals surface area contributed by atoms with E-state index in [0.717, 1.165) is 37.1 Å². The number of anilines is 1. The smallest absolute Gasteiger partial charge is 0.253 e. The van der Waals surface area contributed by atoms with Crippen LogP contribution in [0.4, 0.5) is 5.82 Å². The third kappa shape index (κ3) is 3.57. The highest BCUT2D eigenvalue weighted by molar-refractivity contribution is 6.11. The van der Waals surface area contributed by atoms with Gasteiger partial charge in [0.25, 0.3) is 5.91 Å². The van der Waals surface area contributed by atoms with E-state index < -0.39 is 5.91 Å². The number of phenolic OH excluding ortho intramolecular Hbond substituents is 1. The Morgan fingerprint density at radius 2 is 1.87 bits per heavy atom. The number of nitrogen functional groups attached to an aromatic ring is 1. The largest absolute Gasteiger partial charge is 0.508 e. The minimum Gasteiger partial charge on any atom is -0.508 e. The van der Waals surface area contributed by atoms with Gasteiger partial charge >= 0.3 is 0 Å². The molecule has 0 atom stereocenters. The molecular formula is C23H29N5O3. The number of carbonyl (C=O) groups is 1. The van der Waals surface area contributed by atoms with E-state index in [1.807, 2.05) is 19.9 Å². The van der Waals surface area contributed by atoms with E-state index in [1.54, 1.807) is 23.6 Å². The van der Waals surface area contributed by atoms with Gasteiger partial charge < -0.3 is 26.2 Å². The molecule has 8 heteroatoms. The van der Waals surface area contributed by atoms with Gasteiger partial charge in [0.1, 0.15) is 17.7 Å². The molecule has 0 saturated carbocycles. The van der Waals surface area contributed by atoms with Gasteiger partial charge in [-0.3, -0.25) is 9.36 Å². The van der Waals surface area contributed by atoms with Crippen LogP contribution in [0.15, 0.2) is 18.2 Å². The van der Waals surface area contributed by atoms with E-state index in [0.29, 0.717) is 28.2 Å². The van der Waals surface area contributed by atoms with Gasteiger partial charge in [-0.25, -0.2) is 0 Å². The first-order chi connectivity index (χ1) is 14.7. The topological polar surface area (TPSA) is 120 Å². The van der Waals surface area contributed by atoms with Crippen molar-refractivity contribution in [3.63, 3.8) is 0 Å². The Balaban J connectivity index is 1.93. The van der Waals surface area contributed by atoms with Gasteiger partial charge in [-0.05, 0) is 58.4 Å². The number of fused-ring (bicyclic) bond motifs is 1. The highest BCUT2D eigenvalue weighted by Gasteiger charge is 2.26. The third-order valence-corrected chi connectivity index (χ3v) is 6.14. The van der Waals surface area contributed by atoms with Gasteiger partial charge in [0.2, 0.25) is 5.88 Å². The summed E-state index contributed by atoms with van der Waals surface area (Å²) in [5.41, 5.74) is 15.8. The number of nitrogens with zero attached hydrogens (tertiary/aromatic N) is 3. The zero-order valence-corrected chi connectivity index (χ0v) is 18.4. The quantitative estimate of drug-likeness (QED) is 0.594. The number of rotatable bonds is 4. The zero-order chi connectivity index (χ0) is 22.4. The lowest BCUT2D eigenvalue weighted by molar-refractivity contribution is 0.100. The standard InChI is InChI=1S/C23H29N5O3/c1-12-5-6-17(29)14(3)19(12)28-20(24)18(21(25)30)16-11-13(2)23(26-22(16)28)31-15-7-9-27(4)10-8-15/h5-6,11,15,29H,7-10,24H2,1-4H3,(H2,25,30). The lowest BCUT2D eigenvalue weighted by Gasteiger charge is -2.29. The van der Waals surface area contributed by atoms with Crippen LogP contribution in [0.25, 0.3) is 16.7 Å². The number of carbonyl (C=O) groups excluding carboxylic acids is 1. The van der Waals surface area contributed by atoms with Crippen molar-refractivity contribution in [1.82, 2.24) is 14.5 Å². The average Bonchev–Trinajstić information content (AvgIpc) is 2.98. The van der Waals surface area contributed by atoms with Crippen LogP contribution in [0.2, 0.25) is 0 Å². The lowest BCUT2D eigenvalue weighted by atomic mass is 10.1. The molecule has 0 spiro atoms. The first-order valence-electron chi connectivity index (χ1n) is 10.4. The van der Waals surface area contributed by atoms with Crippen molar-refractivity contribution in [2.75, 3.05) is 25.9 Å². The Bertz CT molecular complexity index is 1180. The molecule has 5 N–H and O–H groups in total. The molecular weight excluding hydrogens is 394 g/mol. The van der Waals surface area contributed by atoms with Gasteiger partial charge in [0, 0.05) is 29.6 Å². The van der Waals surface area contributed by atoms with Crippen molar-refractivity contribution in [2.24, 2.45) is 5.73 Å². The van der Waals surface area contributed by atoms with Crippen molar-refractivity contribution >= 4 is 22.8 Å². The van der Waals surface area contributed by atoms with E-state index in [9.17, 15) is 9.90 Å². The maximum absolute atomic E-state index is 12.3. The van der Waals surface area contributed by atoms with Crippen LogP contribution in [-0.4, -0.2) is 51.7 Å². The molecule has 1 amide bonds. The van der Waals surface area contributed by atoms with Crippen molar-refractivity contribution in [3.05, 3.63) is 40.5 Å². The number of ether oxygens (including phenoxy) is 1. The van der Waals surface area contributed by atoms with Crippen molar-refractivity contribution < 1.29 is 14.6 Å². The number of hydrogen-bond acceptors (Lipinski definition) is 6. The number of pyridine rings is 1. The van der Waals surface area contributed by atoms with Crippen LogP contribution in [-0.2, 0) is 0 Å². The first-order valence-corrected chi connectivity index (χ1v) is 10.4. The molecule has 1 aliphatic rings. The second kappa shape index (κ2) is 7.77. The Labute approximate surface area is 181 Å². The van der Waals surface area contributed by atoms with E-state index >= 15 is 0 Å². The molecule has 1 aromatic carbocycles. The third-order valence-electron chi connectivity index (χ3n) is 6.14. The molecule has 1 saturated heterocycles. The summed E-state index contributed by atoms with van der Waals surface area (Å²) in [6.07, 6.45) is 1.94. The molecule has 0 bridgehead atoms. The summed E-state index contributed by atoms with van der Waals surface area (Å²) in [6.45, 7) is 7.57. The molecule has 0 radical (unpaired) electrons. The molecule has 8 nitrogen and oxygen atoms in total. The lowest BCUT2D eigenvalue weighted by Crippen LogP contribution is -2.35. The van der Waals surface area contributed by atoms with Crippen molar-refractivity contribution in [3.8, 4) is 17.3 Å². The Kier molecular flexibility index (Phi) is 5.26. The molecule has 0 aliphatic carbocycles. The number of aromatic hydroxyl groups is 1. The van der Waals surface area contributed by atoms with Gasteiger partial charge in [-0.1, -0.05) is 6.07 Å². The van der Waals surface area contributed by atoms with E-state index in [1.165, 1.54) is 0 Å². The fourth-order valence-electron chi connectivity index (χ4n) is 4.34. The average molecular weight is 424 g/mol. The minimum atomic E-state index is -0.623. The van der Waals surface area contributed by atoms with Crippen LogP contribution < -0.4 is 16.2 Å². The summed E-state index contributed by atoms with van der Waals surface area (Å²) in [6, 6.07) is 5.29. The fraction of sp³-hybridized carbons (Fsp3) is 0.391. The van der Waals surface area contributed by atoms with Crippen LogP contribution in [0, 0.1) is 20.8 Å². The number of likely N-dealkylation sites (tertiary alicyclic amines) is 1. The number of hydrogen-bond donors (Lipinski definition) is 3. The minimum absolute atomic E-state index is 0.0838. The number of primary amides is 1. The maximum atomic E-state index is 12.3. The summed E-state index contributed by atoms with van der Waals surface area (Å²) >= 11 is 0. The van der Waals surface area contributed by atoms with E-state index in [4.69, 9.17) is 21.2 Å². The summed E-state index contributed by atoms with van der Waals surface area (Å²) in [5, 5.41) is 10.9. The molecule has 2 aromatic heterocycles. The molecule has 164 valence electrons. The fourth-order valence-corrected chi connectivity index (χ4v) is 4.34. The zero-order valence-electron chi connectivity index (χ0n) is 18.4. The highest BCUT2D eigenvalue weighted by atomic mass is 16.5. The normalized spacial score (nSPS) is 15.5. The maximum Gasteiger partial charge on any atom is 0.253 e. The summed E-state index contributed by atoms with van der Waals surface area (Å²) in [4.78, 5) is 19.4. The Hall–Kier alpha value is -3.26. The number of amides is 1. The summed E-state index contributed by atoms with van der Waals surface area (Å²) in [5.74, 6) is 0.231. The molecule has 0 unspecified atom stereocenters. The summed E-state index contributed by atoms with van der Waals surface area (Å²) in [7, 11) is 2.10. The molecule has 1 aliphatic heterocycles. The van der Waals surface area contributed by atoms with Gasteiger partial charge in [-0.15, -0.1) is 0 Å². The number of benzene rings is 1. The predicted molar refractivity (Wildman–Crippen MR) is 121 cm³/mol. The molecule has 1 fully saturated rings. The SMILES string of the molecule is Cc1cc2c(C(N)=O)c(N)n(-c3c(C)ccc(O)c3C)c2nc1OC1CCN(C)CC1. The number of nitrogens with two attached hydrogens (primary N) is 2. The van der Waals surface area contributed by atoms with Crippen LogP contribution in [0.5, 0.6) is 11.6 Å². The number of phenols is 1. The van der Waals surface area contributed by atoms with Gasteiger partial charge in [0.15, 0.2) is 5.65 Å². The molecule has 4 rings (SSSR count). The van der Waals surface area contributed by atoms with Crippen molar-refractivity contribution in [2.45, 2.75) is 39.7 Å². The van der Waals surface area contributed by atoms with Gasteiger partial charge in [-0.2, -0.15) is 4.98 Å². The van der Waals surface area contributed by atoms with Gasteiger partial charge in [0.05, 0.1) is 11.3 Å². The highest BCUT2D eigenvalue weighted by Crippen LogP contribution is 2.37. The Morgan fingerprint density at radius 3 is 2.52 bits per heavy atom. The van der Waals surface area contributed by atoms with Crippen molar-refractivity contribution in [1.29, 1.82) is 0 Å². The molecule has 3 aromatic rings. The Morgan fingerprint density at radius 1 is 1.19 bits per heavy atom. The number of piperidine rings is 1. The van der Waals surface area contributed by atoms with Crippen LogP contribution in [0.1, 0.15) is 39.9 Å². The van der Waals surface area contributed by atoms with E-state index in [-0.39, 0.29) is 23.2 Å². The summed E-state index contributed by atoms with van der Waals surface area (Å²) < 4.78 is 7.96. The molecule has 31 heavy (non-hydrogen) atoms. The van der Waals surface area contributed by atoms with E-state index in [2.05, 4.69) is 11.9 Å². The monoisotopic (exact) mass is 423 g/mol. The predicted octanol–water partition coefficient (Wildman–Crippen LogP) is 2.81. The second-order valence-corrected chi connectivity index (χ2v) is 8.44. The van der Waals surface area contributed by atoms with Crippen LogP contribution in [0.3, 0.4) is 0 Å². The first kappa shape index (κ1) is 21.0. The molecule has 3 heterocycles.